The molecule has 0 spiro atoms. The molecule has 0 saturated carbocycles. The molecule has 0 bridgehead atoms. The van der Waals surface area contributed by atoms with Gasteiger partial charge in [-0.25, -0.2) is 0 Å². The van der Waals surface area contributed by atoms with Crippen LogP contribution in [0.2, 0.25) is 5.02 Å². The second kappa shape index (κ2) is 5.37. The zero-order valence-electron chi connectivity index (χ0n) is 11.7. The van der Waals surface area contributed by atoms with Crippen molar-refractivity contribution in [3.63, 3.8) is 0 Å². The molecule has 0 aliphatic carbocycles. The number of halogens is 1. The second-order valence-corrected chi connectivity index (χ2v) is 5.73. The van der Waals surface area contributed by atoms with Gasteiger partial charge >= 0.3 is 0 Å². The quantitative estimate of drug-likeness (QED) is 0.879. The molecular formula is C17H18ClNO. The summed E-state index contributed by atoms with van der Waals surface area (Å²) in [6.45, 7) is 5.04. The first-order chi connectivity index (χ1) is 9.63. The summed E-state index contributed by atoms with van der Waals surface area (Å²) in [5.74, 6) is 1.03. The van der Waals surface area contributed by atoms with E-state index in [0.29, 0.717) is 0 Å². The van der Waals surface area contributed by atoms with Crippen molar-refractivity contribution in [1.82, 2.24) is 0 Å². The number of anilines is 1. The van der Waals surface area contributed by atoms with E-state index in [1.165, 1.54) is 11.1 Å². The number of fused-ring (bicyclic) bond motifs is 1. The van der Waals surface area contributed by atoms with E-state index in [-0.39, 0.29) is 6.04 Å². The van der Waals surface area contributed by atoms with Crippen LogP contribution in [0, 0.1) is 6.92 Å². The number of hydrogen-bond donors (Lipinski definition) is 1. The van der Waals surface area contributed by atoms with E-state index in [2.05, 4.69) is 37.4 Å². The predicted molar refractivity (Wildman–Crippen MR) is 83.9 cm³/mol. The first-order valence-electron chi connectivity index (χ1n) is 6.92. The lowest BCUT2D eigenvalue weighted by molar-refractivity contribution is 0.357. The Morgan fingerprint density at radius 3 is 2.85 bits per heavy atom. The summed E-state index contributed by atoms with van der Waals surface area (Å²) in [5, 5.41) is 4.32. The zero-order valence-corrected chi connectivity index (χ0v) is 12.5. The highest BCUT2D eigenvalue weighted by Gasteiger charge is 2.14. The molecular weight excluding hydrogens is 270 g/mol. The van der Waals surface area contributed by atoms with Crippen molar-refractivity contribution in [2.45, 2.75) is 26.3 Å². The molecule has 104 valence electrons. The van der Waals surface area contributed by atoms with Crippen LogP contribution in [0.3, 0.4) is 0 Å². The molecule has 0 saturated heterocycles. The molecule has 3 heteroatoms. The fourth-order valence-corrected chi connectivity index (χ4v) is 2.81. The lowest BCUT2D eigenvalue weighted by Gasteiger charge is -2.18. The van der Waals surface area contributed by atoms with Crippen LogP contribution in [-0.4, -0.2) is 6.61 Å². The van der Waals surface area contributed by atoms with Crippen LogP contribution in [0.15, 0.2) is 36.4 Å². The SMILES string of the molecule is Cc1cc(Cl)ccc1NC(C)c1ccc2c(c1)CCO2. The Labute approximate surface area is 124 Å². The zero-order chi connectivity index (χ0) is 14.1. The van der Waals surface area contributed by atoms with E-state index in [1.54, 1.807) is 0 Å². The Hall–Kier alpha value is -1.67. The van der Waals surface area contributed by atoms with Crippen LogP contribution in [0.4, 0.5) is 5.69 Å². The van der Waals surface area contributed by atoms with Crippen LogP contribution in [0.5, 0.6) is 5.75 Å². The van der Waals surface area contributed by atoms with Crippen molar-refractivity contribution in [2.24, 2.45) is 0 Å². The largest absolute Gasteiger partial charge is 0.493 e. The Kier molecular flexibility index (Phi) is 3.58. The summed E-state index contributed by atoms with van der Waals surface area (Å²) in [6, 6.07) is 12.6. The maximum atomic E-state index is 5.99. The van der Waals surface area contributed by atoms with E-state index < -0.39 is 0 Å². The fourth-order valence-electron chi connectivity index (χ4n) is 2.58. The van der Waals surface area contributed by atoms with E-state index >= 15 is 0 Å². The van der Waals surface area contributed by atoms with Crippen molar-refractivity contribution < 1.29 is 4.74 Å². The van der Waals surface area contributed by atoms with Crippen molar-refractivity contribution in [3.05, 3.63) is 58.1 Å². The minimum absolute atomic E-state index is 0.251. The smallest absolute Gasteiger partial charge is 0.122 e. The molecule has 0 fully saturated rings. The van der Waals surface area contributed by atoms with E-state index in [9.17, 15) is 0 Å². The monoisotopic (exact) mass is 287 g/mol. The number of ether oxygens (including phenoxy) is 1. The van der Waals surface area contributed by atoms with Gasteiger partial charge in [0, 0.05) is 23.2 Å². The topological polar surface area (TPSA) is 21.3 Å². The van der Waals surface area contributed by atoms with E-state index in [4.69, 9.17) is 16.3 Å². The molecule has 0 aromatic heterocycles. The Morgan fingerprint density at radius 2 is 2.05 bits per heavy atom. The molecule has 2 aromatic carbocycles. The van der Waals surface area contributed by atoms with E-state index in [0.717, 1.165) is 35.1 Å². The second-order valence-electron chi connectivity index (χ2n) is 5.29. The average molecular weight is 288 g/mol. The molecule has 2 aromatic rings. The third kappa shape index (κ3) is 2.61. The summed E-state index contributed by atoms with van der Waals surface area (Å²) in [4.78, 5) is 0. The molecule has 0 radical (unpaired) electrons. The molecule has 20 heavy (non-hydrogen) atoms. The van der Waals surface area contributed by atoms with Crippen molar-refractivity contribution >= 4 is 17.3 Å². The Morgan fingerprint density at radius 1 is 1.20 bits per heavy atom. The molecule has 1 aliphatic rings. The van der Waals surface area contributed by atoms with Crippen LogP contribution in [0.1, 0.15) is 29.7 Å². The van der Waals surface area contributed by atoms with Gasteiger partial charge < -0.3 is 10.1 Å². The predicted octanol–water partition coefficient (Wildman–Crippen LogP) is 4.76. The van der Waals surface area contributed by atoms with Gasteiger partial charge in [-0.2, -0.15) is 0 Å². The summed E-state index contributed by atoms with van der Waals surface area (Å²) in [7, 11) is 0. The van der Waals surface area contributed by atoms with Crippen molar-refractivity contribution in [1.29, 1.82) is 0 Å². The summed E-state index contributed by atoms with van der Waals surface area (Å²) < 4.78 is 5.55. The molecule has 1 N–H and O–H groups in total. The Balaban J connectivity index is 1.80. The third-order valence-corrected chi connectivity index (χ3v) is 4.01. The molecule has 1 heterocycles. The van der Waals surface area contributed by atoms with Crippen LogP contribution in [-0.2, 0) is 6.42 Å². The minimum Gasteiger partial charge on any atom is -0.493 e. The van der Waals surface area contributed by atoms with Gasteiger partial charge in [-0.05, 0) is 60.9 Å². The third-order valence-electron chi connectivity index (χ3n) is 3.77. The lowest BCUT2D eigenvalue weighted by Crippen LogP contribution is -2.07. The standard InChI is InChI=1S/C17H18ClNO/c1-11-9-15(18)4-5-16(11)19-12(2)13-3-6-17-14(10-13)7-8-20-17/h3-6,9-10,12,19H,7-8H2,1-2H3. The van der Waals surface area contributed by atoms with Gasteiger partial charge in [-0.15, -0.1) is 0 Å². The van der Waals surface area contributed by atoms with E-state index in [1.807, 2.05) is 18.2 Å². The first-order valence-corrected chi connectivity index (χ1v) is 7.29. The maximum absolute atomic E-state index is 5.99. The normalized spacial score (nSPS) is 14.6. The molecule has 1 unspecified atom stereocenters. The van der Waals surface area contributed by atoms with Crippen LogP contribution < -0.4 is 10.1 Å². The number of benzene rings is 2. The van der Waals surface area contributed by atoms with Gasteiger partial charge in [-0.1, -0.05) is 17.7 Å². The van der Waals surface area contributed by atoms with Gasteiger partial charge in [0.05, 0.1) is 6.61 Å². The molecule has 3 rings (SSSR count). The molecule has 1 aliphatic heterocycles. The first kappa shape index (κ1) is 13.3. The van der Waals surface area contributed by atoms with Gasteiger partial charge in [0.15, 0.2) is 0 Å². The average Bonchev–Trinajstić information content (AvgIpc) is 2.89. The van der Waals surface area contributed by atoms with Crippen LogP contribution in [0.25, 0.3) is 0 Å². The highest BCUT2D eigenvalue weighted by Crippen LogP contribution is 2.30. The maximum Gasteiger partial charge on any atom is 0.122 e. The number of rotatable bonds is 3. The number of hydrogen-bond acceptors (Lipinski definition) is 2. The highest BCUT2D eigenvalue weighted by atomic mass is 35.5. The number of nitrogens with one attached hydrogen (secondary N) is 1. The van der Waals surface area contributed by atoms with Crippen molar-refractivity contribution in [2.75, 3.05) is 11.9 Å². The summed E-state index contributed by atoms with van der Waals surface area (Å²) in [6.07, 6.45) is 1.01. The highest BCUT2D eigenvalue weighted by molar-refractivity contribution is 6.30. The van der Waals surface area contributed by atoms with Crippen LogP contribution >= 0.6 is 11.6 Å². The summed E-state index contributed by atoms with van der Waals surface area (Å²) >= 11 is 5.99. The van der Waals surface area contributed by atoms with Crippen molar-refractivity contribution in [3.8, 4) is 5.75 Å². The van der Waals surface area contributed by atoms with Gasteiger partial charge in [0.1, 0.15) is 5.75 Å². The fraction of sp³-hybridized carbons (Fsp3) is 0.294. The summed E-state index contributed by atoms with van der Waals surface area (Å²) in [5.41, 5.74) is 4.88. The molecule has 2 nitrogen and oxygen atoms in total. The molecule has 0 amide bonds. The van der Waals surface area contributed by atoms with Gasteiger partial charge in [0.25, 0.3) is 0 Å². The minimum atomic E-state index is 0.251. The van der Waals surface area contributed by atoms with Gasteiger partial charge in [-0.3, -0.25) is 0 Å². The number of aryl methyl sites for hydroxylation is 1. The lowest BCUT2D eigenvalue weighted by atomic mass is 10.0. The molecule has 1 atom stereocenters. The Bertz CT molecular complexity index is 639. The van der Waals surface area contributed by atoms with Gasteiger partial charge in [0.2, 0.25) is 0 Å².